The van der Waals surface area contributed by atoms with Crippen LogP contribution in [0.1, 0.15) is 37.1 Å². The maximum atomic E-state index is 5.74. The molecule has 1 atom stereocenters. The van der Waals surface area contributed by atoms with Crippen LogP contribution < -0.4 is 5.32 Å². The Kier molecular flexibility index (Phi) is 3.58. The fraction of sp³-hybridized carbons (Fsp3) is 0.833. The van der Waals surface area contributed by atoms with Crippen LogP contribution >= 0.6 is 0 Å². The van der Waals surface area contributed by atoms with E-state index in [1.165, 1.54) is 0 Å². The van der Waals surface area contributed by atoms with Crippen molar-refractivity contribution in [1.29, 1.82) is 0 Å². The lowest BCUT2D eigenvalue weighted by Gasteiger charge is -2.31. The van der Waals surface area contributed by atoms with Crippen molar-refractivity contribution in [1.82, 2.24) is 20.4 Å². The summed E-state index contributed by atoms with van der Waals surface area (Å²) in [7, 11) is 0. The van der Waals surface area contributed by atoms with Gasteiger partial charge in [-0.25, -0.2) is 0 Å². The Bertz CT molecular complexity index is 389. The average molecular weight is 252 g/mol. The fourth-order valence-corrected chi connectivity index (χ4v) is 2.39. The van der Waals surface area contributed by atoms with E-state index in [-0.39, 0.29) is 6.10 Å². The van der Waals surface area contributed by atoms with Crippen molar-refractivity contribution < 1.29 is 9.26 Å². The molecule has 1 aromatic heterocycles. The zero-order valence-electron chi connectivity index (χ0n) is 10.8. The molecular formula is C12H20N4O2. The van der Waals surface area contributed by atoms with E-state index in [9.17, 15) is 0 Å². The molecular weight excluding hydrogens is 232 g/mol. The Morgan fingerprint density at radius 1 is 1.44 bits per heavy atom. The van der Waals surface area contributed by atoms with Crippen LogP contribution in [-0.4, -0.2) is 54.4 Å². The average Bonchev–Trinajstić information content (AvgIpc) is 2.77. The van der Waals surface area contributed by atoms with Gasteiger partial charge in [-0.15, -0.1) is 0 Å². The predicted molar refractivity (Wildman–Crippen MR) is 65.3 cm³/mol. The molecule has 100 valence electrons. The van der Waals surface area contributed by atoms with Crippen molar-refractivity contribution in [3.63, 3.8) is 0 Å². The minimum atomic E-state index is -0.0316. The van der Waals surface area contributed by atoms with Gasteiger partial charge in [0.25, 0.3) is 0 Å². The molecule has 2 aliphatic heterocycles. The van der Waals surface area contributed by atoms with E-state index in [4.69, 9.17) is 9.26 Å². The molecule has 0 aliphatic carbocycles. The van der Waals surface area contributed by atoms with Crippen LogP contribution in [0.2, 0.25) is 0 Å². The van der Waals surface area contributed by atoms with E-state index >= 15 is 0 Å². The lowest BCUT2D eigenvalue weighted by Crippen LogP contribution is -2.40. The van der Waals surface area contributed by atoms with Crippen LogP contribution in [0.3, 0.4) is 0 Å². The summed E-state index contributed by atoms with van der Waals surface area (Å²) in [6.45, 7) is 7.80. The summed E-state index contributed by atoms with van der Waals surface area (Å²) in [5.41, 5.74) is 0. The van der Waals surface area contributed by atoms with Crippen molar-refractivity contribution in [2.45, 2.75) is 25.4 Å². The fourth-order valence-electron chi connectivity index (χ4n) is 2.39. The van der Waals surface area contributed by atoms with E-state index in [0.29, 0.717) is 11.7 Å². The summed E-state index contributed by atoms with van der Waals surface area (Å²) in [4.78, 5) is 6.88. The summed E-state index contributed by atoms with van der Waals surface area (Å²) < 4.78 is 11.1. The van der Waals surface area contributed by atoms with Crippen LogP contribution in [0.5, 0.6) is 0 Å². The van der Waals surface area contributed by atoms with Crippen molar-refractivity contribution in [3.05, 3.63) is 11.7 Å². The number of rotatable bonds is 4. The van der Waals surface area contributed by atoms with Gasteiger partial charge in [0.05, 0.1) is 12.5 Å². The highest BCUT2D eigenvalue weighted by atomic mass is 16.5. The second kappa shape index (κ2) is 5.34. The monoisotopic (exact) mass is 252 g/mol. The second-order valence-corrected chi connectivity index (χ2v) is 5.01. The molecule has 0 saturated carbocycles. The molecule has 0 amide bonds. The lowest BCUT2D eigenvalue weighted by atomic mass is 10.0. The standard InChI is InChI=1S/C12H20N4O2/c1-2-3-16-4-5-17-10(8-16)11-14-12(18-15-11)9-6-13-7-9/h9-10,13H,2-8H2,1H3. The molecule has 0 bridgehead atoms. The van der Waals surface area contributed by atoms with Gasteiger partial charge in [-0.05, 0) is 13.0 Å². The summed E-state index contributed by atoms with van der Waals surface area (Å²) >= 11 is 0. The maximum Gasteiger partial charge on any atom is 0.232 e. The summed E-state index contributed by atoms with van der Waals surface area (Å²) in [6, 6.07) is 0. The predicted octanol–water partition coefficient (Wildman–Crippen LogP) is 0.540. The number of aromatic nitrogens is 2. The Labute approximate surface area is 107 Å². The SMILES string of the molecule is CCCN1CCOC(c2noc(C3CNC3)n2)C1. The molecule has 6 nitrogen and oxygen atoms in total. The van der Waals surface area contributed by atoms with Gasteiger partial charge in [0.1, 0.15) is 6.10 Å². The van der Waals surface area contributed by atoms with Gasteiger partial charge in [-0.3, -0.25) is 4.90 Å². The zero-order chi connectivity index (χ0) is 12.4. The van der Waals surface area contributed by atoms with Crippen molar-refractivity contribution in [2.75, 3.05) is 39.3 Å². The van der Waals surface area contributed by atoms with Crippen molar-refractivity contribution in [2.24, 2.45) is 0 Å². The van der Waals surface area contributed by atoms with E-state index in [1.54, 1.807) is 0 Å². The molecule has 18 heavy (non-hydrogen) atoms. The summed E-state index contributed by atoms with van der Waals surface area (Å²) in [5, 5.41) is 7.28. The molecule has 2 fully saturated rings. The highest BCUT2D eigenvalue weighted by Gasteiger charge is 2.29. The smallest absolute Gasteiger partial charge is 0.232 e. The Hall–Kier alpha value is -0.980. The quantitative estimate of drug-likeness (QED) is 0.844. The molecule has 0 radical (unpaired) electrons. The summed E-state index contributed by atoms with van der Waals surface area (Å²) in [6.07, 6.45) is 1.13. The molecule has 3 heterocycles. The molecule has 3 rings (SSSR count). The molecule has 6 heteroatoms. The van der Waals surface area contributed by atoms with Gasteiger partial charge in [0, 0.05) is 26.2 Å². The van der Waals surface area contributed by atoms with Gasteiger partial charge in [0.15, 0.2) is 0 Å². The number of morpholine rings is 1. The van der Waals surface area contributed by atoms with Crippen LogP contribution in [-0.2, 0) is 4.74 Å². The van der Waals surface area contributed by atoms with Gasteiger partial charge < -0.3 is 14.6 Å². The number of nitrogens with one attached hydrogen (secondary N) is 1. The van der Waals surface area contributed by atoms with E-state index in [0.717, 1.165) is 51.6 Å². The van der Waals surface area contributed by atoms with Crippen LogP contribution in [0, 0.1) is 0 Å². The number of hydrogen-bond donors (Lipinski definition) is 1. The van der Waals surface area contributed by atoms with Gasteiger partial charge >= 0.3 is 0 Å². The molecule has 1 N–H and O–H groups in total. The largest absolute Gasteiger partial charge is 0.367 e. The number of nitrogens with zero attached hydrogens (tertiary/aromatic N) is 3. The van der Waals surface area contributed by atoms with Gasteiger partial charge in [-0.2, -0.15) is 4.98 Å². The second-order valence-electron chi connectivity index (χ2n) is 5.01. The topological polar surface area (TPSA) is 63.4 Å². The molecule has 1 unspecified atom stereocenters. The van der Waals surface area contributed by atoms with Crippen LogP contribution in [0.15, 0.2) is 4.52 Å². The highest BCUT2D eigenvalue weighted by molar-refractivity contribution is 5.03. The third kappa shape index (κ3) is 2.41. The minimum Gasteiger partial charge on any atom is -0.367 e. The van der Waals surface area contributed by atoms with Gasteiger partial charge in [0.2, 0.25) is 11.7 Å². The third-order valence-electron chi connectivity index (χ3n) is 3.57. The first-order valence-electron chi connectivity index (χ1n) is 6.75. The lowest BCUT2D eigenvalue weighted by molar-refractivity contribution is -0.0350. The Balaban J connectivity index is 1.64. The Morgan fingerprint density at radius 2 is 2.33 bits per heavy atom. The molecule has 0 spiro atoms. The number of hydrogen-bond acceptors (Lipinski definition) is 6. The normalized spacial score (nSPS) is 26.2. The first-order chi connectivity index (χ1) is 8.86. The Morgan fingerprint density at radius 3 is 3.06 bits per heavy atom. The first-order valence-corrected chi connectivity index (χ1v) is 6.75. The highest BCUT2D eigenvalue weighted by Crippen LogP contribution is 2.23. The minimum absolute atomic E-state index is 0.0316. The maximum absolute atomic E-state index is 5.74. The van der Waals surface area contributed by atoms with E-state index < -0.39 is 0 Å². The first kappa shape index (κ1) is 12.1. The zero-order valence-corrected chi connectivity index (χ0v) is 10.8. The van der Waals surface area contributed by atoms with Crippen LogP contribution in [0.25, 0.3) is 0 Å². The van der Waals surface area contributed by atoms with E-state index in [1.807, 2.05) is 0 Å². The summed E-state index contributed by atoms with van der Waals surface area (Å²) in [5.74, 6) is 1.85. The molecule has 1 aromatic rings. The van der Waals surface area contributed by atoms with Crippen molar-refractivity contribution in [3.8, 4) is 0 Å². The molecule has 0 aromatic carbocycles. The molecule has 2 aliphatic rings. The molecule has 2 saturated heterocycles. The van der Waals surface area contributed by atoms with Gasteiger partial charge in [-0.1, -0.05) is 12.1 Å². The third-order valence-corrected chi connectivity index (χ3v) is 3.57. The van der Waals surface area contributed by atoms with Crippen LogP contribution in [0.4, 0.5) is 0 Å². The van der Waals surface area contributed by atoms with E-state index in [2.05, 4.69) is 27.3 Å². The number of ether oxygens (including phenoxy) is 1. The van der Waals surface area contributed by atoms with Crippen molar-refractivity contribution >= 4 is 0 Å².